The number of nitriles is 1. The summed E-state index contributed by atoms with van der Waals surface area (Å²) in [6.45, 7) is 4.39. The molecule has 0 spiro atoms. The fraction of sp³-hybridized carbons (Fsp3) is 0.467. The monoisotopic (exact) mass is 258 g/mol. The zero-order chi connectivity index (χ0) is 14.0. The van der Waals surface area contributed by atoms with Gasteiger partial charge in [0, 0.05) is 12.1 Å². The molecule has 0 saturated heterocycles. The number of benzene rings is 1. The number of nitrogens with one attached hydrogen (secondary N) is 1. The Kier molecular flexibility index (Phi) is 3.48. The molecule has 1 aliphatic carbocycles. The molecule has 0 radical (unpaired) electrons. The highest BCUT2D eigenvalue weighted by atomic mass is 16.5. The molecule has 1 amide bonds. The van der Waals surface area contributed by atoms with Crippen LogP contribution in [0.2, 0.25) is 0 Å². The van der Waals surface area contributed by atoms with Crippen LogP contribution in [0.1, 0.15) is 29.5 Å². The van der Waals surface area contributed by atoms with E-state index >= 15 is 0 Å². The molecule has 0 heterocycles. The van der Waals surface area contributed by atoms with Crippen LogP contribution in [-0.4, -0.2) is 13.0 Å². The Morgan fingerprint density at radius 2 is 2.16 bits per heavy atom. The number of carbonyl (C=O) groups is 1. The standard InChI is InChI=1S/C15H18N2O2/c1-10-6-11(2)13(19-3)12(7-10)8-17-14(18)15(9-16)4-5-15/h6-7H,4-5,8H2,1-3H3,(H,17,18). The molecule has 19 heavy (non-hydrogen) atoms. The molecule has 0 unspecified atom stereocenters. The van der Waals surface area contributed by atoms with Crippen molar-refractivity contribution in [3.05, 3.63) is 28.8 Å². The molecular weight excluding hydrogens is 240 g/mol. The van der Waals surface area contributed by atoms with E-state index < -0.39 is 5.41 Å². The van der Waals surface area contributed by atoms with Crippen molar-refractivity contribution >= 4 is 5.91 Å². The first-order chi connectivity index (χ1) is 9.02. The van der Waals surface area contributed by atoms with E-state index in [9.17, 15) is 4.79 Å². The lowest BCUT2D eigenvalue weighted by Crippen LogP contribution is -2.30. The van der Waals surface area contributed by atoms with E-state index in [-0.39, 0.29) is 5.91 Å². The van der Waals surface area contributed by atoms with Crippen LogP contribution in [0.5, 0.6) is 5.75 Å². The van der Waals surface area contributed by atoms with Gasteiger partial charge in [-0.05, 0) is 32.3 Å². The first-order valence-electron chi connectivity index (χ1n) is 6.36. The van der Waals surface area contributed by atoms with E-state index in [1.165, 1.54) is 0 Å². The zero-order valence-corrected chi connectivity index (χ0v) is 11.5. The Bertz CT molecular complexity index is 554. The van der Waals surface area contributed by atoms with Crippen LogP contribution in [0.4, 0.5) is 0 Å². The van der Waals surface area contributed by atoms with Crippen LogP contribution in [0.3, 0.4) is 0 Å². The van der Waals surface area contributed by atoms with Crippen molar-refractivity contribution in [3.63, 3.8) is 0 Å². The molecule has 0 bridgehead atoms. The lowest BCUT2D eigenvalue weighted by molar-refractivity contribution is -0.124. The van der Waals surface area contributed by atoms with E-state index in [0.29, 0.717) is 19.4 Å². The first-order valence-corrected chi connectivity index (χ1v) is 6.36. The second kappa shape index (κ2) is 4.93. The molecule has 1 saturated carbocycles. The van der Waals surface area contributed by atoms with Crippen molar-refractivity contribution in [1.29, 1.82) is 5.26 Å². The molecule has 1 N–H and O–H groups in total. The van der Waals surface area contributed by atoms with Gasteiger partial charge >= 0.3 is 0 Å². The number of hydrogen-bond acceptors (Lipinski definition) is 3. The number of aryl methyl sites for hydroxylation is 2. The summed E-state index contributed by atoms with van der Waals surface area (Å²) in [5.74, 6) is 0.629. The average Bonchev–Trinajstić information content (AvgIpc) is 3.16. The highest BCUT2D eigenvalue weighted by Crippen LogP contribution is 2.45. The summed E-state index contributed by atoms with van der Waals surface area (Å²) >= 11 is 0. The number of amides is 1. The maximum absolute atomic E-state index is 11.9. The third-order valence-electron chi connectivity index (χ3n) is 3.54. The van der Waals surface area contributed by atoms with Crippen LogP contribution in [0, 0.1) is 30.6 Å². The number of carbonyl (C=O) groups excluding carboxylic acids is 1. The van der Waals surface area contributed by atoms with Crippen molar-refractivity contribution in [1.82, 2.24) is 5.32 Å². The third-order valence-corrected chi connectivity index (χ3v) is 3.54. The molecule has 1 aromatic carbocycles. The van der Waals surface area contributed by atoms with Gasteiger partial charge in [-0.25, -0.2) is 0 Å². The van der Waals surface area contributed by atoms with Gasteiger partial charge in [0.25, 0.3) is 0 Å². The smallest absolute Gasteiger partial charge is 0.240 e. The zero-order valence-electron chi connectivity index (χ0n) is 11.5. The lowest BCUT2D eigenvalue weighted by atomic mass is 10.0. The number of methoxy groups -OCH3 is 1. The lowest BCUT2D eigenvalue weighted by Gasteiger charge is -2.14. The number of hydrogen-bond donors (Lipinski definition) is 1. The summed E-state index contributed by atoms with van der Waals surface area (Å²) in [5, 5.41) is 11.8. The molecule has 1 fully saturated rings. The highest BCUT2D eigenvalue weighted by molar-refractivity contribution is 5.88. The fourth-order valence-electron chi connectivity index (χ4n) is 2.33. The van der Waals surface area contributed by atoms with E-state index in [0.717, 1.165) is 22.4 Å². The van der Waals surface area contributed by atoms with Crippen molar-refractivity contribution in [2.75, 3.05) is 7.11 Å². The van der Waals surface area contributed by atoms with Crippen LogP contribution < -0.4 is 10.1 Å². The molecular formula is C15H18N2O2. The maximum Gasteiger partial charge on any atom is 0.240 e. The van der Waals surface area contributed by atoms with Crippen LogP contribution in [0.25, 0.3) is 0 Å². The molecule has 4 heteroatoms. The Hall–Kier alpha value is -2.02. The van der Waals surface area contributed by atoms with Gasteiger partial charge in [-0.2, -0.15) is 5.26 Å². The van der Waals surface area contributed by atoms with Gasteiger partial charge in [-0.15, -0.1) is 0 Å². The minimum absolute atomic E-state index is 0.170. The van der Waals surface area contributed by atoms with Gasteiger partial charge in [0.15, 0.2) is 0 Å². The summed E-state index contributed by atoms with van der Waals surface area (Å²) < 4.78 is 5.37. The number of rotatable bonds is 4. The molecule has 4 nitrogen and oxygen atoms in total. The van der Waals surface area contributed by atoms with Gasteiger partial charge in [0.2, 0.25) is 5.91 Å². The largest absolute Gasteiger partial charge is 0.496 e. The predicted octanol–water partition coefficient (Wildman–Crippen LogP) is 2.23. The third kappa shape index (κ3) is 2.55. The van der Waals surface area contributed by atoms with Crippen LogP contribution in [-0.2, 0) is 11.3 Å². The second-order valence-corrected chi connectivity index (χ2v) is 5.15. The molecule has 1 aromatic rings. The maximum atomic E-state index is 11.9. The van der Waals surface area contributed by atoms with Gasteiger partial charge in [0.05, 0.1) is 13.2 Å². The minimum atomic E-state index is -0.772. The fourth-order valence-corrected chi connectivity index (χ4v) is 2.33. The highest BCUT2D eigenvalue weighted by Gasteiger charge is 2.50. The summed E-state index contributed by atoms with van der Waals surface area (Å²) in [6.07, 6.45) is 1.33. The molecule has 100 valence electrons. The van der Waals surface area contributed by atoms with Gasteiger partial charge < -0.3 is 10.1 Å². The van der Waals surface area contributed by atoms with Crippen molar-refractivity contribution in [2.24, 2.45) is 5.41 Å². The van der Waals surface area contributed by atoms with Gasteiger partial charge in [0.1, 0.15) is 11.2 Å². The van der Waals surface area contributed by atoms with Crippen molar-refractivity contribution < 1.29 is 9.53 Å². The quantitative estimate of drug-likeness (QED) is 0.900. The Morgan fingerprint density at radius 3 is 2.68 bits per heavy atom. The molecule has 0 atom stereocenters. The SMILES string of the molecule is COc1c(C)cc(C)cc1CNC(=O)C1(C#N)CC1. The molecule has 1 aliphatic rings. The van der Waals surface area contributed by atoms with E-state index in [4.69, 9.17) is 10.00 Å². The number of ether oxygens (including phenoxy) is 1. The Balaban J connectivity index is 2.12. The summed E-state index contributed by atoms with van der Waals surface area (Å²) in [4.78, 5) is 11.9. The van der Waals surface area contributed by atoms with E-state index in [1.54, 1.807) is 7.11 Å². The molecule has 2 rings (SSSR count). The predicted molar refractivity (Wildman–Crippen MR) is 71.6 cm³/mol. The second-order valence-electron chi connectivity index (χ2n) is 5.15. The minimum Gasteiger partial charge on any atom is -0.496 e. The molecule has 0 aromatic heterocycles. The topological polar surface area (TPSA) is 62.1 Å². The Labute approximate surface area is 113 Å². The summed E-state index contributed by atoms with van der Waals surface area (Å²) in [5.41, 5.74) is 2.35. The van der Waals surface area contributed by atoms with Crippen molar-refractivity contribution in [3.8, 4) is 11.8 Å². The summed E-state index contributed by atoms with van der Waals surface area (Å²) in [6, 6.07) is 6.14. The summed E-state index contributed by atoms with van der Waals surface area (Å²) in [7, 11) is 1.63. The van der Waals surface area contributed by atoms with Crippen LogP contribution in [0.15, 0.2) is 12.1 Å². The van der Waals surface area contributed by atoms with Gasteiger partial charge in [-0.1, -0.05) is 17.7 Å². The van der Waals surface area contributed by atoms with Crippen LogP contribution >= 0.6 is 0 Å². The van der Waals surface area contributed by atoms with Crippen molar-refractivity contribution in [2.45, 2.75) is 33.2 Å². The number of nitrogens with zero attached hydrogens (tertiary/aromatic N) is 1. The Morgan fingerprint density at radius 1 is 1.47 bits per heavy atom. The van der Waals surface area contributed by atoms with E-state index in [2.05, 4.69) is 11.4 Å². The molecule has 0 aliphatic heterocycles. The first kappa shape index (κ1) is 13.4. The normalized spacial score (nSPS) is 15.5. The van der Waals surface area contributed by atoms with Gasteiger partial charge in [-0.3, -0.25) is 4.79 Å². The average molecular weight is 258 g/mol. The van der Waals surface area contributed by atoms with E-state index in [1.807, 2.05) is 26.0 Å².